The van der Waals surface area contributed by atoms with E-state index in [1.165, 1.54) is 0 Å². The molecule has 1 aromatic carbocycles. The van der Waals surface area contributed by atoms with Gasteiger partial charge in [0.05, 0.1) is 0 Å². The lowest BCUT2D eigenvalue weighted by molar-refractivity contribution is -0.125. The van der Waals surface area contributed by atoms with E-state index >= 15 is 0 Å². The standard InChI is InChI=1S/C20H21Cl2N5O/c21-15-1-2-17-16(11-15)14(12-24-17)5-8-23-20(28)13-6-9-27(10-7-13)19-4-3-18(22)25-26-19/h1-4,11-13,24H,5-10H2,(H,23,28). The van der Waals surface area contributed by atoms with Gasteiger partial charge >= 0.3 is 0 Å². The molecule has 28 heavy (non-hydrogen) atoms. The van der Waals surface area contributed by atoms with Crippen LogP contribution in [0.15, 0.2) is 36.5 Å². The van der Waals surface area contributed by atoms with Crippen LogP contribution in [-0.2, 0) is 11.2 Å². The summed E-state index contributed by atoms with van der Waals surface area (Å²) in [6.45, 7) is 2.19. The van der Waals surface area contributed by atoms with Gasteiger partial charge in [-0.25, -0.2) is 0 Å². The molecule has 8 heteroatoms. The van der Waals surface area contributed by atoms with Gasteiger partial charge in [0.25, 0.3) is 0 Å². The smallest absolute Gasteiger partial charge is 0.223 e. The second-order valence-corrected chi connectivity index (χ2v) is 7.84. The molecule has 6 nitrogen and oxygen atoms in total. The number of carbonyl (C=O) groups is 1. The van der Waals surface area contributed by atoms with Gasteiger partial charge in [-0.1, -0.05) is 23.2 Å². The highest BCUT2D eigenvalue weighted by Crippen LogP contribution is 2.24. The van der Waals surface area contributed by atoms with Crippen LogP contribution < -0.4 is 10.2 Å². The number of amides is 1. The topological polar surface area (TPSA) is 73.9 Å². The summed E-state index contributed by atoms with van der Waals surface area (Å²) >= 11 is 11.9. The van der Waals surface area contributed by atoms with Crippen LogP contribution in [0.4, 0.5) is 5.82 Å². The Kier molecular flexibility index (Phi) is 5.69. The van der Waals surface area contributed by atoms with E-state index in [4.69, 9.17) is 23.2 Å². The summed E-state index contributed by atoms with van der Waals surface area (Å²) in [6, 6.07) is 9.40. The Hall–Kier alpha value is -2.31. The molecular weight excluding hydrogens is 397 g/mol. The summed E-state index contributed by atoms with van der Waals surface area (Å²) in [5.74, 6) is 0.967. The number of benzene rings is 1. The number of H-pyrrole nitrogens is 1. The molecule has 146 valence electrons. The lowest BCUT2D eigenvalue weighted by atomic mass is 9.96. The second-order valence-electron chi connectivity index (χ2n) is 7.02. The number of piperidine rings is 1. The molecule has 0 atom stereocenters. The maximum Gasteiger partial charge on any atom is 0.223 e. The van der Waals surface area contributed by atoms with Gasteiger partial charge in [0, 0.05) is 47.7 Å². The Morgan fingerprint density at radius 1 is 1.18 bits per heavy atom. The Morgan fingerprint density at radius 3 is 2.75 bits per heavy atom. The molecule has 2 N–H and O–H groups in total. The van der Waals surface area contributed by atoms with E-state index in [0.29, 0.717) is 11.7 Å². The van der Waals surface area contributed by atoms with Gasteiger partial charge < -0.3 is 15.2 Å². The molecule has 0 spiro atoms. The number of halogens is 2. The molecule has 1 aliphatic rings. The first-order valence-corrected chi connectivity index (χ1v) is 10.1. The van der Waals surface area contributed by atoms with Crippen molar-refractivity contribution in [1.82, 2.24) is 20.5 Å². The second kappa shape index (κ2) is 8.37. The normalized spacial score (nSPS) is 15.1. The molecule has 4 rings (SSSR count). The molecule has 1 amide bonds. The molecule has 0 saturated carbocycles. The number of anilines is 1. The maximum absolute atomic E-state index is 12.5. The predicted octanol–water partition coefficient (Wildman–Crippen LogP) is 3.84. The fraction of sp³-hybridized carbons (Fsp3) is 0.350. The monoisotopic (exact) mass is 417 g/mol. The Balaban J connectivity index is 1.26. The molecule has 3 aromatic rings. The van der Waals surface area contributed by atoms with Crippen LogP contribution in [-0.4, -0.2) is 40.7 Å². The van der Waals surface area contributed by atoms with E-state index < -0.39 is 0 Å². The van der Waals surface area contributed by atoms with E-state index in [9.17, 15) is 4.79 Å². The molecule has 1 aliphatic heterocycles. The number of aromatic amines is 1. The van der Waals surface area contributed by atoms with Gasteiger partial charge in [0.2, 0.25) is 5.91 Å². The zero-order valence-electron chi connectivity index (χ0n) is 15.3. The van der Waals surface area contributed by atoms with E-state index in [-0.39, 0.29) is 11.8 Å². The van der Waals surface area contributed by atoms with Gasteiger partial charge in [-0.3, -0.25) is 4.79 Å². The fourth-order valence-corrected chi connectivity index (χ4v) is 3.94. The highest BCUT2D eigenvalue weighted by atomic mass is 35.5. The summed E-state index contributed by atoms with van der Waals surface area (Å²) in [7, 11) is 0. The van der Waals surface area contributed by atoms with Crippen molar-refractivity contribution in [1.29, 1.82) is 0 Å². The maximum atomic E-state index is 12.5. The molecule has 1 fully saturated rings. The number of hydrogen-bond donors (Lipinski definition) is 2. The Morgan fingerprint density at radius 2 is 2.00 bits per heavy atom. The van der Waals surface area contributed by atoms with E-state index in [2.05, 4.69) is 25.4 Å². The first-order chi connectivity index (χ1) is 13.6. The molecule has 0 radical (unpaired) electrons. The lowest BCUT2D eigenvalue weighted by Gasteiger charge is -2.31. The summed E-state index contributed by atoms with van der Waals surface area (Å²) in [5, 5.41) is 13.3. The van der Waals surface area contributed by atoms with Crippen molar-refractivity contribution in [2.45, 2.75) is 19.3 Å². The Bertz CT molecular complexity index is 964. The number of hydrogen-bond acceptors (Lipinski definition) is 4. The van der Waals surface area contributed by atoms with E-state index in [0.717, 1.165) is 59.7 Å². The van der Waals surface area contributed by atoms with Crippen LogP contribution in [0, 0.1) is 5.92 Å². The summed E-state index contributed by atoms with van der Waals surface area (Å²) in [4.78, 5) is 17.9. The summed E-state index contributed by atoms with van der Waals surface area (Å²) < 4.78 is 0. The average Bonchev–Trinajstić information content (AvgIpc) is 3.11. The van der Waals surface area contributed by atoms with Crippen LogP contribution in [0.2, 0.25) is 10.2 Å². The number of nitrogens with one attached hydrogen (secondary N) is 2. The van der Waals surface area contributed by atoms with Crippen molar-refractivity contribution < 1.29 is 4.79 Å². The van der Waals surface area contributed by atoms with Crippen molar-refractivity contribution in [2.75, 3.05) is 24.5 Å². The zero-order valence-corrected chi connectivity index (χ0v) is 16.8. The largest absolute Gasteiger partial charge is 0.361 e. The SMILES string of the molecule is O=C(NCCc1c[nH]c2ccc(Cl)cc12)C1CCN(c2ccc(Cl)nn2)CC1. The van der Waals surface area contributed by atoms with Gasteiger partial charge in [-0.05, 0) is 55.2 Å². The van der Waals surface area contributed by atoms with Crippen molar-refractivity contribution in [3.63, 3.8) is 0 Å². The average molecular weight is 418 g/mol. The highest BCUT2D eigenvalue weighted by molar-refractivity contribution is 6.31. The van der Waals surface area contributed by atoms with Crippen molar-refractivity contribution in [3.05, 3.63) is 52.3 Å². The summed E-state index contributed by atoms with van der Waals surface area (Å²) in [6.07, 6.45) is 4.36. The Labute approximate surface area is 173 Å². The lowest BCUT2D eigenvalue weighted by Crippen LogP contribution is -2.41. The molecule has 0 aliphatic carbocycles. The van der Waals surface area contributed by atoms with Crippen molar-refractivity contribution in [3.8, 4) is 0 Å². The molecule has 0 bridgehead atoms. The number of nitrogens with zero attached hydrogens (tertiary/aromatic N) is 3. The van der Waals surface area contributed by atoms with Crippen LogP contribution >= 0.6 is 23.2 Å². The minimum atomic E-state index is 0.0360. The molecule has 1 saturated heterocycles. The number of aromatic nitrogens is 3. The van der Waals surface area contributed by atoms with Crippen LogP contribution in [0.5, 0.6) is 0 Å². The minimum Gasteiger partial charge on any atom is -0.361 e. The molecular formula is C20H21Cl2N5O. The first kappa shape index (κ1) is 19.0. The number of fused-ring (bicyclic) bond motifs is 1. The van der Waals surface area contributed by atoms with Gasteiger partial charge in [-0.15, -0.1) is 10.2 Å². The van der Waals surface area contributed by atoms with Gasteiger partial charge in [0.15, 0.2) is 11.0 Å². The van der Waals surface area contributed by atoms with E-state index in [1.54, 1.807) is 6.07 Å². The number of rotatable bonds is 5. The molecule has 0 unspecified atom stereocenters. The third kappa shape index (κ3) is 4.23. The van der Waals surface area contributed by atoms with Gasteiger partial charge in [0.1, 0.15) is 0 Å². The zero-order chi connectivity index (χ0) is 19.5. The molecule has 2 aromatic heterocycles. The molecule has 3 heterocycles. The highest BCUT2D eigenvalue weighted by Gasteiger charge is 2.25. The third-order valence-corrected chi connectivity index (χ3v) is 5.67. The van der Waals surface area contributed by atoms with Crippen molar-refractivity contribution in [2.24, 2.45) is 5.92 Å². The quantitative estimate of drug-likeness (QED) is 0.661. The first-order valence-electron chi connectivity index (χ1n) is 9.37. The minimum absolute atomic E-state index is 0.0360. The van der Waals surface area contributed by atoms with Crippen LogP contribution in [0.3, 0.4) is 0 Å². The van der Waals surface area contributed by atoms with Gasteiger partial charge in [-0.2, -0.15) is 0 Å². The van der Waals surface area contributed by atoms with E-state index in [1.807, 2.05) is 30.5 Å². The van der Waals surface area contributed by atoms with Crippen LogP contribution in [0.1, 0.15) is 18.4 Å². The number of carbonyl (C=O) groups excluding carboxylic acids is 1. The summed E-state index contributed by atoms with van der Waals surface area (Å²) in [5.41, 5.74) is 2.22. The van der Waals surface area contributed by atoms with Crippen LogP contribution in [0.25, 0.3) is 10.9 Å². The van der Waals surface area contributed by atoms with Crippen molar-refractivity contribution >= 4 is 45.8 Å². The fourth-order valence-electron chi connectivity index (χ4n) is 3.67. The predicted molar refractivity (Wildman–Crippen MR) is 112 cm³/mol. The third-order valence-electron chi connectivity index (χ3n) is 5.23.